The highest BCUT2D eigenvalue weighted by molar-refractivity contribution is 7.07. The van der Waals surface area contributed by atoms with E-state index in [0.29, 0.717) is 6.42 Å². The average Bonchev–Trinajstić information content (AvgIpc) is 2.99. The molecule has 1 atom stereocenters. The zero-order chi connectivity index (χ0) is 15.9. The number of amides is 1. The van der Waals surface area contributed by atoms with E-state index in [1.165, 1.54) is 0 Å². The van der Waals surface area contributed by atoms with Crippen LogP contribution in [0, 0.1) is 0 Å². The fourth-order valence-electron chi connectivity index (χ4n) is 2.13. The summed E-state index contributed by atoms with van der Waals surface area (Å²) in [6.45, 7) is 3.50. The summed E-state index contributed by atoms with van der Waals surface area (Å²) >= 11 is 1.60. The third-order valence-corrected chi connectivity index (χ3v) is 3.97. The number of hydrogen-bond donors (Lipinski definition) is 2. The first-order chi connectivity index (χ1) is 10.6. The van der Waals surface area contributed by atoms with Gasteiger partial charge in [-0.05, 0) is 31.2 Å². The minimum absolute atomic E-state index is 0.143. The Bertz CT molecular complexity index is 600. The zero-order valence-electron chi connectivity index (χ0n) is 13.0. The van der Waals surface area contributed by atoms with Gasteiger partial charge >= 0.3 is 0 Å². The summed E-state index contributed by atoms with van der Waals surface area (Å²) in [7, 11) is 2.05. The Morgan fingerprint density at radius 3 is 2.95 bits per heavy atom. The van der Waals surface area contributed by atoms with Crippen molar-refractivity contribution >= 4 is 22.9 Å². The lowest BCUT2D eigenvalue weighted by molar-refractivity contribution is -0.117. The molecule has 22 heavy (non-hydrogen) atoms. The summed E-state index contributed by atoms with van der Waals surface area (Å²) in [5, 5.41) is 4.91. The molecule has 0 aliphatic rings. The van der Waals surface area contributed by atoms with E-state index in [1.54, 1.807) is 11.3 Å². The third-order valence-electron chi connectivity index (χ3n) is 3.34. The van der Waals surface area contributed by atoms with Gasteiger partial charge in [0.25, 0.3) is 0 Å². The molecule has 3 N–H and O–H groups in total. The van der Waals surface area contributed by atoms with Crippen LogP contribution in [0.2, 0.25) is 0 Å². The Hall–Kier alpha value is -1.76. The van der Waals surface area contributed by atoms with Gasteiger partial charge in [-0.2, -0.15) is 0 Å². The molecule has 1 heterocycles. The number of nitrogens with zero attached hydrogens (tertiary/aromatic N) is 2. The van der Waals surface area contributed by atoms with Crippen LogP contribution in [0.3, 0.4) is 0 Å². The first kappa shape index (κ1) is 16.6. The van der Waals surface area contributed by atoms with Crippen molar-refractivity contribution in [2.45, 2.75) is 32.5 Å². The standard InChI is InChI=1S/C16H22N4OS/c1-3-15(17)16(21)19-13-6-4-5-12(7-13)8-20(2)9-14-10-22-11-18-14/h4-7,10-11,15H,3,8-9,17H2,1-2H3,(H,19,21)/t15-/m0/s1. The number of benzene rings is 1. The van der Waals surface area contributed by atoms with Gasteiger partial charge < -0.3 is 11.1 Å². The van der Waals surface area contributed by atoms with Crippen LogP contribution < -0.4 is 11.1 Å². The number of aromatic nitrogens is 1. The SMILES string of the molecule is CC[C@H](N)C(=O)Nc1cccc(CN(C)Cc2cscn2)c1. The molecule has 1 amide bonds. The maximum absolute atomic E-state index is 11.8. The molecule has 0 unspecified atom stereocenters. The molecular formula is C16H22N4OS. The highest BCUT2D eigenvalue weighted by Gasteiger charge is 2.11. The molecule has 2 aromatic rings. The number of anilines is 1. The van der Waals surface area contributed by atoms with Crippen LogP contribution in [0.1, 0.15) is 24.6 Å². The van der Waals surface area contributed by atoms with Crippen molar-refractivity contribution < 1.29 is 4.79 Å². The van der Waals surface area contributed by atoms with Crippen LogP contribution in [-0.2, 0) is 17.9 Å². The van der Waals surface area contributed by atoms with Crippen molar-refractivity contribution in [1.29, 1.82) is 0 Å². The largest absolute Gasteiger partial charge is 0.325 e. The van der Waals surface area contributed by atoms with Crippen LogP contribution in [0.5, 0.6) is 0 Å². The number of carbonyl (C=O) groups excluding carboxylic acids is 1. The number of nitrogens with one attached hydrogen (secondary N) is 1. The van der Waals surface area contributed by atoms with E-state index in [1.807, 2.05) is 36.7 Å². The fraction of sp³-hybridized carbons (Fsp3) is 0.375. The molecule has 5 nitrogen and oxygen atoms in total. The van der Waals surface area contributed by atoms with Gasteiger partial charge in [0.05, 0.1) is 17.2 Å². The van der Waals surface area contributed by atoms with E-state index < -0.39 is 6.04 Å². The van der Waals surface area contributed by atoms with E-state index in [4.69, 9.17) is 5.73 Å². The molecule has 6 heteroatoms. The van der Waals surface area contributed by atoms with E-state index in [-0.39, 0.29) is 5.91 Å². The van der Waals surface area contributed by atoms with Gasteiger partial charge in [0.15, 0.2) is 0 Å². The lowest BCUT2D eigenvalue weighted by Crippen LogP contribution is -2.34. The minimum atomic E-state index is -0.462. The molecule has 0 spiro atoms. The minimum Gasteiger partial charge on any atom is -0.325 e. The molecule has 118 valence electrons. The molecule has 0 saturated heterocycles. The van der Waals surface area contributed by atoms with Crippen molar-refractivity contribution in [3.8, 4) is 0 Å². The number of rotatable bonds is 7. The lowest BCUT2D eigenvalue weighted by atomic mass is 10.1. The van der Waals surface area contributed by atoms with E-state index in [2.05, 4.69) is 27.6 Å². The quantitative estimate of drug-likeness (QED) is 0.822. The van der Waals surface area contributed by atoms with Crippen LogP contribution in [0.25, 0.3) is 0 Å². The summed E-state index contributed by atoms with van der Waals surface area (Å²) in [5.41, 5.74) is 10.6. The second kappa shape index (κ2) is 8.03. The van der Waals surface area contributed by atoms with Gasteiger partial charge in [-0.25, -0.2) is 4.98 Å². The van der Waals surface area contributed by atoms with Gasteiger partial charge in [-0.15, -0.1) is 11.3 Å². The van der Waals surface area contributed by atoms with E-state index in [0.717, 1.165) is 30.0 Å². The van der Waals surface area contributed by atoms with E-state index in [9.17, 15) is 4.79 Å². The van der Waals surface area contributed by atoms with Crippen molar-refractivity contribution in [2.24, 2.45) is 5.73 Å². The first-order valence-corrected chi connectivity index (χ1v) is 8.23. The monoisotopic (exact) mass is 318 g/mol. The van der Waals surface area contributed by atoms with Crippen LogP contribution in [-0.4, -0.2) is 28.9 Å². The van der Waals surface area contributed by atoms with Gasteiger partial charge in [0.2, 0.25) is 5.91 Å². The van der Waals surface area contributed by atoms with Crippen molar-refractivity contribution in [3.05, 3.63) is 46.4 Å². The summed E-state index contributed by atoms with van der Waals surface area (Å²) in [6, 6.07) is 7.39. The highest BCUT2D eigenvalue weighted by atomic mass is 32.1. The Morgan fingerprint density at radius 2 is 2.27 bits per heavy atom. The molecule has 1 aromatic carbocycles. The maximum atomic E-state index is 11.8. The van der Waals surface area contributed by atoms with Gasteiger partial charge in [-0.1, -0.05) is 19.1 Å². The fourth-order valence-corrected chi connectivity index (χ4v) is 2.68. The van der Waals surface area contributed by atoms with Crippen LogP contribution in [0.15, 0.2) is 35.2 Å². The summed E-state index contributed by atoms with van der Waals surface area (Å²) in [6.07, 6.45) is 0.627. The Balaban J connectivity index is 1.94. The summed E-state index contributed by atoms with van der Waals surface area (Å²) in [4.78, 5) is 18.3. The highest BCUT2D eigenvalue weighted by Crippen LogP contribution is 2.14. The van der Waals surface area contributed by atoms with Gasteiger partial charge in [0.1, 0.15) is 0 Å². The van der Waals surface area contributed by atoms with Crippen molar-refractivity contribution in [2.75, 3.05) is 12.4 Å². The first-order valence-electron chi connectivity index (χ1n) is 7.29. The summed E-state index contributed by atoms with van der Waals surface area (Å²) < 4.78 is 0. The molecule has 0 saturated carbocycles. The topological polar surface area (TPSA) is 71.2 Å². The van der Waals surface area contributed by atoms with E-state index >= 15 is 0 Å². The predicted molar refractivity (Wildman–Crippen MR) is 90.6 cm³/mol. The number of hydrogen-bond acceptors (Lipinski definition) is 5. The van der Waals surface area contributed by atoms with Crippen molar-refractivity contribution in [1.82, 2.24) is 9.88 Å². The molecular weight excluding hydrogens is 296 g/mol. The zero-order valence-corrected chi connectivity index (χ0v) is 13.8. The molecule has 0 radical (unpaired) electrons. The third kappa shape index (κ3) is 4.91. The lowest BCUT2D eigenvalue weighted by Gasteiger charge is -2.16. The van der Waals surface area contributed by atoms with Gasteiger partial charge in [0, 0.05) is 24.2 Å². The summed E-state index contributed by atoms with van der Waals surface area (Å²) in [5.74, 6) is -0.143. The normalized spacial score (nSPS) is 12.4. The Morgan fingerprint density at radius 1 is 1.45 bits per heavy atom. The smallest absolute Gasteiger partial charge is 0.241 e. The second-order valence-corrected chi connectivity index (χ2v) is 6.08. The molecule has 2 rings (SSSR count). The number of carbonyl (C=O) groups is 1. The Labute approximate surface area is 135 Å². The molecule has 0 fully saturated rings. The van der Waals surface area contributed by atoms with Crippen LogP contribution >= 0.6 is 11.3 Å². The number of nitrogens with two attached hydrogens (primary N) is 1. The van der Waals surface area contributed by atoms with Gasteiger partial charge in [-0.3, -0.25) is 9.69 Å². The maximum Gasteiger partial charge on any atom is 0.241 e. The predicted octanol–water partition coefficient (Wildman–Crippen LogP) is 2.45. The average molecular weight is 318 g/mol. The second-order valence-electron chi connectivity index (χ2n) is 5.36. The molecule has 0 aliphatic carbocycles. The number of thiazole rings is 1. The molecule has 0 bridgehead atoms. The van der Waals surface area contributed by atoms with Crippen LogP contribution in [0.4, 0.5) is 5.69 Å². The molecule has 0 aliphatic heterocycles. The van der Waals surface area contributed by atoms with Crippen molar-refractivity contribution in [3.63, 3.8) is 0 Å². The molecule has 1 aromatic heterocycles. The Kier molecular flexibility index (Phi) is 6.06.